The minimum absolute atomic E-state index is 0.230. The monoisotopic (exact) mass is 470 g/mol. The minimum Gasteiger partial charge on any atom is -0.462 e. The van der Waals surface area contributed by atoms with Crippen molar-refractivity contribution in [2.45, 2.75) is 33.1 Å². The summed E-state index contributed by atoms with van der Waals surface area (Å²) in [6.07, 6.45) is 0.696. The van der Waals surface area contributed by atoms with Crippen LogP contribution in [0, 0.1) is 13.8 Å². The summed E-state index contributed by atoms with van der Waals surface area (Å²) in [6.45, 7) is 5.68. The van der Waals surface area contributed by atoms with E-state index in [0.29, 0.717) is 52.6 Å². The van der Waals surface area contributed by atoms with E-state index >= 15 is 0 Å². The lowest BCUT2D eigenvalue weighted by Gasteiger charge is -2.13. The SMILES string of the molecule is CCCOC(=O)c1cc(-c2ccc(C(c3c(C)[nH][nH]c3=O)c3c(C)[nH][nH]c3=O)o2)ccc1Cl. The third kappa shape index (κ3) is 4.19. The van der Waals surface area contributed by atoms with Crippen molar-refractivity contribution < 1.29 is 13.9 Å². The number of halogens is 1. The van der Waals surface area contributed by atoms with E-state index in [1.807, 2.05) is 6.92 Å². The Morgan fingerprint density at radius 1 is 1.00 bits per heavy atom. The lowest BCUT2D eigenvalue weighted by atomic mass is 9.89. The zero-order valence-corrected chi connectivity index (χ0v) is 19.1. The van der Waals surface area contributed by atoms with E-state index in [9.17, 15) is 14.4 Å². The summed E-state index contributed by atoms with van der Waals surface area (Å²) in [7, 11) is 0. The molecule has 0 bridgehead atoms. The number of ether oxygens (including phenoxy) is 1. The fourth-order valence-electron chi connectivity index (χ4n) is 3.81. The summed E-state index contributed by atoms with van der Waals surface area (Å²) in [5.74, 6) is -0.413. The van der Waals surface area contributed by atoms with Crippen LogP contribution in [0.5, 0.6) is 0 Å². The van der Waals surface area contributed by atoms with Gasteiger partial charge in [-0.05, 0) is 50.6 Å². The van der Waals surface area contributed by atoms with Gasteiger partial charge in [0.05, 0.1) is 34.2 Å². The summed E-state index contributed by atoms with van der Waals surface area (Å²) in [5.41, 5.74) is 2.09. The molecule has 0 aliphatic carbocycles. The van der Waals surface area contributed by atoms with E-state index in [4.69, 9.17) is 20.8 Å². The Hall–Kier alpha value is -3.72. The van der Waals surface area contributed by atoms with Crippen molar-refractivity contribution >= 4 is 17.6 Å². The van der Waals surface area contributed by atoms with Crippen LogP contribution >= 0.6 is 11.6 Å². The third-order valence-electron chi connectivity index (χ3n) is 5.42. The molecule has 3 aromatic heterocycles. The summed E-state index contributed by atoms with van der Waals surface area (Å²) in [6, 6.07) is 8.35. The summed E-state index contributed by atoms with van der Waals surface area (Å²) in [5, 5.41) is 11.0. The standard InChI is InChI=1S/C23H23ClN4O5/c1-4-9-32-23(31)14-10-13(5-6-15(14)24)16-7-8-17(33-16)20(18-11(2)25-27-21(18)29)19-12(3)26-28-22(19)30/h5-8,10,20H,4,9H2,1-3H3,(H2,25,27,29)(H2,26,28,30). The number of esters is 1. The zero-order valence-electron chi connectivity index (χ0n) is 18.3. The van der Waals surface area contributed by atoms with Crippen LogP contribution in [0.1, 0.15) is 57.9 Å². The molecule has 1 aromatic carbocycles. The van der Waals surface area contributed by atoms with Crippen molar-refractivity contribution in [2.24, 2.45) is 0 Å². The quantitative estimate of drug-likeness (QED) is 0.302. The van der Waals surface area contributed by atoms with Gasteiger partial charge in [-0.15, -0.1) is 0 Å². The van der Waals surface area contributed by atoms with Gasteiger partial charge in [-0.3, -0.25) is 19.8 Å². The topological polar surface area (TPSA) is 137 Å². The van der Waals surface area contributed by atoms with Gasteiger partial charge in [0, 0.05) is 17.0 Å². The van der Waals surface area contributed by atoms with Crippen LogP contribution in [0.2, 0.25) is 5.02 Å². The molecule has 9 nitrogen and oxygen atoms in total. The van der Waals surface area contributed by atoms with Gasteiger partial charge in [0.2, 0.25) is 0 Å². The Balaban J connectivity index is 1.80. The Labute approximate surface area is 193 Å². The molecule has 172 valence electrons. The maximum Gasteiger partial charge on any atom is 0.339 e. The first kappa shape index (κ1) is 22.5. The number of carbonyl (C=O) groups is 1. The molecule has 33 heavy (non-hydrogen) atoms. The van der Waals surface area contributed by atoms with Gasteiger partial charge in [0.15, 0.2) is 0 Å². The molecule has 0 unspecified atom stereocenters. The number of carbonyl (C=O) groups excluding carboxylic acids is 1. The van der Waals surface area contributed by atoms with Crippen LogP contribution in [-0.2, 0) is 4.74 Å². The maximum atomic E-state index is 12.6. The number of aromatic nitrogens is 4. The van der Waals surface area contributed by atoms with Crippen molar-refractivity contribution in [3.8, 4) is 11.3 Å². The molecule has 0 radical (unpaired) electrons. The van der Waals surface area contributed by atoms with Crippen molar-refractivity contribution in [1.29, 1.82) is 0 Å². The number of hydrogen-bond acceptors (Lipinski definition) is 5. The molecule has 0 aliphatic heterocycles. The number of rotatable bonds is 7. The van der Waals surface area contributed by atoms with Gasteiger partial charge >= 0.3 is 5.97 Å². The fourth-order valence-corrected chi connectivity index (χ4v) is 4.00. The predicted octanol–water partition coefficient (Wildman–Crippen LogP) is 4.00. The van der Waals surface area contributed by atoms with Gasteiger partial charge in [-0.2, -0.15) is 0 Å². The third-order valence-corrected chi connectivity index (χ3v) is 5.75. The summed E-state index contributed by atoms with van der Waals surface area (Å²) >= 11 is 6.20. The Bertz CT molecular complexity index is 1370. The van der Waals surface area contributed by atoms with Crippen LogP contribution < -0.4 is 11.1 Å². The van der Waals surface area contributed by atoms with E-state index in [1.165, 1.54) is 0 Å². The number of nitrogens with one attached hydrogen (secondary N) is 4. The smallest absolute Gasteiger partial charge is 0.339 e. The number of aryl methyl sites for hydroxylation is 2. The number of H-pyrrole nitrogens is 4. The van der Waals surface area contributed by atoms with Gasteiger partial charge < -0.3 is 19.4 Å². The number of aromatic amines is 4. The maximum absolute atomic E-state index is 12.6. The normalized spacial score (nSPS) is 11.3. The van der Waals surface area contributed by atoms with Gasteiger partial charge in [0.1, 0.15) is 11.5 Å². The molecule has 3 heterocycles. The lowest BCUT2D eigenvalue weighted by molar-refractivity contribution is 0.0505. The first-order valence-electron chi connectivity index (χ1n) is 10.4. The van der Waals surface area contributed by atoms with Gasteiger partial charge in [0.25, 0.3) is 11.1 Å². The van der Waals surface area contributed by atoms with Crippen molar-refractivity contribution in [2.75, 3.05) is 6.61 Å². The summed E-state index contributed by atoms with van der Waals surface area (Å²) < 4.78 is 11.3. The second-order valence-corrected chi connectivity index (χ2v) is 8.11. The second-order valence-electron chi connectivity index (χ2n) is 7.70. The van der Waals surface area contributed by atoms with Crippen LogP contribution in [-0.4, -0.2) is 33.0 Å². The van der Waals surface area contributed by atoms with Gasteiger partial charge in [-0.1, -0.05) is 18.5 Å². The largest absolute Gasteiger partial charge is 0.462 e. The Morgan fingerprint density at radius 2 is 1.64 bits per heavy atom. The van der Waals surface area contributed by atoms with E-state index in [1.54, 1.807) is 44.2 Å². The Kier molecular flexibility index (Phi) is 6.15. The minimum atomic E-state index is -0.745. The molecule has 4 aromatic rings. The van der Waals surface area contributed by atoms with Crippen LogP contribution in [0.25, 0.3) is 11.3 Å². The first-order valence-corrected chi connectivity index (χ1v) is 10.8. The van der Waals surface area contributed by atoms with E-state index in [0.717, 1.165) is 0 Å². The highest BCUT2D eigenvalue weighted by Gasteiger charge is 2.30. The molecular weight excluding hydrogens is 448 g/mol. The number of benzene rings is 1. The molecule has 0 atom stereocenters. The number of hydrogen-bond donors (Lipinski definition) is 4. The van der Waals surface area contributed by atoms with Crippen LogP contribution in [0.15, 0.2) is 44.3 Å². The molecule has 0 amide bonds. The average molecular weight is 471 g/mol. The first-order chi connectivity index (χ1) is 15.8. The lowest BCUT2D eigenvalue weighted by Crippen LogP contribution is -2.19. The molecule has 10 heteroatoms. The van der Waals surface area contributed by atoms with Crippen molar-refractivity contribution in [1.82, 2.24) is 20.4 Å². The van der Waals surface area contributed by atoms with E-state index < -0.39 is 11.9 Å². The predicted molar refractivity (Wildman–Crippen MR) is 123 cm³/mol. The molecule has 0 saturated carbocycles. The highest BCUT2D eigenvalue weighted by molar-refractivity contribution is 6.33. The fraction of sp³-hybridized carbons (Fsp3) is 0.261. The highest BCUT2D eigenvalue weighted by atomic mass is 35.5. The molecule has 0 fully saturated rings. The van der Waals surface area contributed by atoms with Gasteiger partial charge in [-0.25, -0.2) is 4.79 Å². The van der Waals surface area contributed by atoms with E-state index in [-0.39, 0.29) is 21.7 Å². The second kappa shape index (κ2) is 9.03. The Morgan fingerprint density at radius 3 is 2.18 bits per heavy atom. The van der Waals surface area contributed by atoms with Crippen LogP contribution in [0.3, 0.4) is 0 Å². The average Bonchev–Trinajstić information content (AvgIpc) is 3.49. The molecule has 0 spiro atoms. The molecule has 0 saturated heterocycles. The molecule has 4 N–H and O–H groups in total. The molecule has 4 rings (SSSR count). The van der Waals surface area contributed by atoms with Crippen molar-refractivity contribution in [3.05, 3.63) is 89.9 Å². The highest BCUT2D eigenvalue weighted by Crippen LogP contribution is 2.35. The summed E-state index contributed by atoms with van der Waals surface area (Å²) in [4.78, 5) is 37.5. The number of furan rings is 1. The van der Waals surface area contributed by atoms with Crippen molar-refractivity contribution in [3.63, 3.8) is 0 Å². The molecule has 0 aliphatic rings. The molecular formula is C23H23ClN4O5. The van der Waals surface area contributed by atoms with E-state index in [2.05, 4.69) is 20.4 Å². The van der Waals surface area contributed by atoms with Crippen LogP contribution in [0.4, 0.5) is 0 Å². The zero-order chi connectivity index (χ0) is 23.7.